The molecule has 1 saturated heterocycles. The van der Waals surface area contributed by atoms with Crippen LogP contribution in [0.5, 0.6) is 5.75 Å². The minimum absolute atomic E-state index is 0.0432. The molecule has 1 fully saturated rings. The number of para-hydroxylation sites is 1. The van der Waals surface area contributed by atoms with Crippen LogP contribution in [0.25, 0.3) is 0 Å². The van der Waals surface area contributed by atoms with E-state index in [1.165, 1.54) is 12.1 Å². The highest BCUT2D eigenvalue weighted by Crippen LogP contribution is 2.27. The lowest BCUT2D eigenvalue weighted by Crippen LogP contribution is -2.46. The second-order valence-corrected chi connectivity index (χ2v) is 4.79. The van der Waals surface area contributed by atoms with Gasteiger partial charge in [-0.3, -0.25) is 4.79 Å². The molecule has 0 saturated carbocycles. The minimum atomic E-state index is -4.72. The first-order chi connectivity index (χ1) is 9.96. The number of halogens is 3. The standard InChI is InChI=1S/C14H17F3N2O2/c15-14(16,17)21-12-4-2-1-3-11(12)5-6-13(20)19-9-7-18-8-10-19/h1-4,18H,5-10H2. The highest BCUT2D eigenvalue weighted by molar-refractivity contribution is 5.76. The molecule has 1 aliphatic heterocycles. The van der Waals surface area contributed by atoms with Crippen LogP contribution in [0, 0.1) is 0 Å². The van der Waals surface area contributed by atoms with Crippen molar-refractivity contribution >= 4 is 5.91 Å². The molecule has 0 atom stereocenters. The maximum Gasteiger partial charge on any atom is 0.573 e. The number of carbonyl (C=O) groups excluding carboxylic acids is 1. The summed E-state index contributed by atoms with van der Waals surface area (Å²) < 4.78 is 40.9. The molecule has 1 aliphatic rings. The lowest BCUT2D eigenvalue weighted by Gasteiger charge is -2.27. The highest BCUT2D eigenvalue weighted by atomic mass is 19.4. The maximum absolute atomic E-state index is 12.3. The van der Waals surface area contributed by atoms with E-state index < -0.39 is 6.36 Å². The van der Waals surface area contributed by atoms with Crippen LogP contribution in [0.1, 0.15) is 12.0 Å². The number of nitrogens with zero attached hydrogens (tertiary/aromatic N) is 1. The van der Waals surface area contributed by atoms with Gasteiger partial charge in [-0.05, 0) is 18.1 Å². The van der Waals surface area contributed by atoms with Crippen molar-refractivity contribution in [3.63, 3.8) is 0 Å². The number of hydrogen-bond acceptors (Lipinski definition) is 3. The zero-order chi connectivity index (χ0) is 15.3. The van der Waals surface area contributed by atoms with Crippen LogP contribution < -0.4 is 10.1 Å². The van der Waals surface area contributed by atoms with Gasteiger partial charge in [-0.1, -0.05) is 18.2 Å². The Balaban J connectivity index is 1.94. The molecule has 0 bridgehead atoms. The molecule has 7 heteroatoms. The maximum atomic E-state index is 12.3. The zero-order valence-corrected chi connectivity index (χ0v) is 11.4. The van der Waals surface area contributed by atoms with Crippen molar-refractivity contribution in [3.8, 4) is 5.75 Å². The number of ether oxygens (including phenoxy) is 1. The van der Waals surface area contributed by atoms with E-state index in [1.54, 1.807) is 17.0 Å². The number of carbonyl (C=O) groups is 1. The number of aryl methyl sites for hydroxylation is 1. The van der Waals surface area contributed by atoms with Gasteiger partial charge in [0.05, 0.1) is 0 Å². The van der Waals surface area contributed by atoms with E-state index in [2.05, 4.69) is 10.1 Å². The number of amides is 1. The quantitative estimate of drug-likeness (QED) is 0.924. The van der Waals surface area contributed by atoms with Gasteiger partial charge in [0.15, 0.2) is 0 Å². The summed E-state index contributed by atoms with van der Waals surface area (Å²) in [6, 6.07) is 5.92. The molecule has 1 aromatic rings. The average Bonchev–Trinajstić information content (AvgIpc) is 2.45. The van der Waals surface area contributed by atoms with Crippen LogP contribution in [0.15, 0.2) is 24.3 Å². The molecular weight excluding hydrogens is 285 g/mol. The van der Waals surface area contributed by atoms with Crippen molar-refractivity contribution in [2.24, 2.45) is 0 Å². The molecule has 0 unspecified atom stereocenters. The Morgan fingerprint density at radius 3 is 2.57 bits per heavy atom. The van der Waals surface area contributed by atoms with E-state index in [4.69, 9.17) is 0 Å². The third-order valence-electron chi connectivity index (χ3n) is 3.28. The van der Waals surface area contributed by atoms with Gasteiger partial charge in [-0.25, -0.2) is 0 Å². The lowest BCUT2D eigenvalue weighted by molar-refractivity contribution is -0.274. The summed E-state index contributed by atoms with van der Waals surface area (Å²) in [6.07, 6.45) is -4.31. The van der Waals surface area contributed by atoms with Gasteiger partial charge in [-0.2, -0.15) is 0 Å². The summed E-state index contributed by atoms with van der Waals surface area (Å²) in [5.41, 5.74) is 0.387. The smallest absolute Gasteiger partial charge is 0.406 e. The fraction of sp³-hybridized carbons (Fsp3) is 0.500. The first-order valence-electron chi connectivity index (χ1n) is 6.78. The van der Waals surface area contributed by atoms with E-state index >= 15 is 0 Å². The molecule has 0 spiro atoms. The summed E-state index contributed by atoms with van der Waals surface area (Å²) in [6.45, 7) is 2.78. The van der Waals surface area contributed by atoms with E-state index in [0.717, 1.165) is 13.1 Å². The molecule has 1 aromatic carbocycles. The summed E-state index contributed by atoms with van der Waals surface area (Å²) in [5, 5.41) is 3.14. The van der Waals surface area contributed by atoms with Crippen LogP contribution in [-0.2, 0) is 11.2 Å². The topological polar surface area (TPSA) is 41.6 Å². The van der Waals surface area contributed by atoms with Crippen molar-refractivity contribution in [1.82, 2.24) is 10.2 Å². The number of piperazine rings is 1. The van der Waals surface area contributed by atoms with Gasteiger partial charge >= 0.3 is 6.36 Å². The van der Waals surface area contributed by atoms with E-state index in [1.807, 2.05) is 0 Å². The van der Waals surface area contributed by atoms with Gasteiger partial charge in [0.25, 0.3) is 0 Å². The van der Waals surface area contributed by atoms with Crippen molar-refractivity contribution in [2.45, 2.75) is 19.2 Å². The lowest BCUT2D eigenvalue weighted by atomic mass is 10.1. The molecule has 21 heavy (non-hydrogen) atoms. The van der Waals surface area contributed by atoms with Crippen LogP contribution in [0.3, 0.4) is 0 Å². The molecule has 1 amide bonds. The Morgan fingerprint density at radius 1 is 1.24 bits per heavy atom. The Labute approximate surface area is 120 Å². The fourth-order valence-corrected chi connectivity index (χ4v) is 2.25. The minimum Gasteiger partial charge on any atom is -0.406 e. The molecule has 2 rings (SSSR count). The van der Waals surface area contributed by atoms with Crippen molar-refractivity contribution in [1.29, 1.82) is 0 Å². The van der Waals surface area contributed by atoms with Gasteiger partial charge in [0, 0.05) is 32.6 Å². The van der Waals surface area contributed by atoms with Crippen molar-refractivity contribution in [2.75, 3.05) is 26.2 Å². The number of rotatable bonds is 4. The first-order valence-corrected chi connectivity index (χ1v) is 6.78. The van der Waals surface area contributed by atoms with Gasteiger partial charge in [0.2, 0.25) is 5.91 Å². The highest BCUT2D eigenvalue weighted by Gasteiger charge is 2.32. The summed E-state index contributed by atoms with van der Waals surface area (Å²) >= 11 is 0. The summed E-state index contributed by atoms with van der Waals surface area (Å²) in [5.74, 6) is -0.281. The first kappa shape index (κ1) is 15.6. The number of hydrogen-bond donors (Lipinski definition) is 1. The average molecular weight is 302 g/mol. The normalized spacial score (nSPS) is 15.9. The number of nitrogens with one attached hydrogen (secondary N) is 1. The SMILES string of the molecule is O=C(CCc1ccccc1OC(F)(F)F)N1CCNCC1. The Morgan fingerprint density at radius 2 is 1.90 bits per heavy atom. The molecule has 4 nitrogen and oxygen atoms in total. The van der Waals surface area contributed by atoms with Crippen molar-refractivity contribution in [3.05, 3.63) is 29.8 Å². The van der Waals surface area contributed by atoms with Crippen LogP contribution >= 0.6 is 0 Å². The monoisotopic (exact) mass is 302 g/mol. The Bertz CT molecular complexity index is 485. The van der Waals surface area contributed by atoms with E-state index in [0.29, 0.717) is 18.7 Å². The van der Waals surface area contributed by atoms with Gasteiger partial charge in [0.1, 0.15) is 5.75 Å². The van der Waals surface area contributed by atoms with E-state index in [9.17, 15) is 18.0 Å². The molecule has 0 aliphatic carbocycles. The summed E-state index contributed by atoms with van der Waals surface area (Å²) in [7, 11) is 0. The van der Waals surface area contributed by atoms with Crippen LogP contribution in [-0.4, -0.2) is 43.3 Å². The number of alkyl halides is 3. The predicted molar refractivity (Wildman–Crippen MR) is 70.9 cm³/mol. The van der Waals surface area contributed by atoms with Gasteiger partial charge < -0.3 is 15.0 Å². The van der Waals surface area contributed by atoms with Crippen LogP contribution in [0.4, 0.5) is 13.2 Å². The molecule has 1 N–H and O–H groups in total. The molecular formula is C14H17F3N2O2. The Kier molecular flexibility index (Phi) is 5.06. The fourth-order valence-electron chi connectivity index (χ4n) is 2.25. The largest absolute Gasteiger partial charge is 0.573 e. The molecule has 1 heterocycles. The third-order valence-corrected chi connectivity index (χ3v) is 3.28. The predicted octanol–water partition coefficient (Wildman–Crippen LogP) is 1.95. The molecule has 116 valence electrons. The second-order valence-electron chi connectivity index (χ2n) is 4.79. The van der Waals surface area contributed by atoms with Gasteiger partial charge in [-0.15, -0.1) is 13.2 Å². The van der Waals surface area contributed by atoms with Crippen LogP contribution in [0.2, 0.25) is 0 Å². The molecule has 0 radical (unpaired) electrons. The van der Waals surface area contributed by atoms with Crippen molar-refractivity contribution < 1.29 is 22.7 Å². The second kappa shape index (κ2) is 6.80. The third kappa shape index (κ3) is 4.93. The Hall–Kier alpha value is -1.76. The zero-order valence-electron chi connectivity index (χ0n) is 11.4. The number of benzene rings is 1. The van der Waals surface area contributed by atoms with E-state index in [-0.39, 0.29) is 24.5 Å². The molecule has 0 aromatic heterocycles. The summed E-state index contributed by atoms with van der Waals surface area (Å²) in [4.78, 5) is 13.7.